The van der Waals surface area contributed by atoms with E-state index in [1.165, 1.54) is 35.6 Å². The third-order valence-electron chi connectivity index (χ3n) is 16.9. The lowest BCUT2D eigenvalue weighted by Gasteiger charge is -2.41. The van der Waals surface area contributed by atoms with Crippen molar-refractivity contribution in [2.45, 2.75) is 109 Å². The normalized spacial score (nSPS) is 27.2. The fraction of sp³-hybridized carbons (Fsp3) is 0.607. The number of hydrazine groups is 1. The van der Waals surface area contributed by atoms with Crippen LogP contribution >= 0.6 is 11.3 Å². The van der Waals surface area contributed by atoms with Crippen LogP contribution < -0.4 is 15.6 Å². The first kappa shape index (κ1) is 51.4. The van der Waals surface area contributed by atoms with E-state index in [-0.39, 0.29) is 42.5 Å². The van der Waals surface area contributed by atoms with Crippen LogP contribution in [0.5, 0.6) is 0 Å². The first-order valence-corrected chi connectivity index (χ1v) is 28.4. The van der Waals surface area contributed by atoms with Crippen molar-refractivity contribution in [3.05, 3.63) is 70.5 Å². The number of cyclic esters (lactones) is 1. The van der Waals surface area contributed by atoms with Crippen LogP contribution in [-0.2, 0) is 51.0 Å². The van der Waals surface area contributed by atoms with Gasteiger partial charge in [-0.3, -0.25) is 34.2 Å². The number of methoxy groups -OCH3 is 1. The molecule has 5 aliphatic heterocycles. The number of amides is 2. The minimum atomic E-state index is -1.06. The van der Waals surface area contributed by atoms with Gasteiger partial charge in [0.15, 0.2) is 6.39 Å². The monoisotopic (exact) mass is 1060 g/mol. The molecule has 76 heavy (non-hydrogen) atoms. The Morgan fingerprint density at radius 1 is 1.00 bits per heavy atom. The predicted molar refractivity (Wildman–Crippen MR) is 284 cm³/mol. The number of carbonyl (C=O) groups is 3. The van der Waals surface area contributed by atoms with Crippen LogP contribution in [0.25, 0.3) is 33.4 Å². The van der Waals surface area contributed by atoms with Crippen molar-refractivity contribution < 1.29 is 42.5 Å². The highest BCUT2D eigenvalue weighted by Crippen LogP contribution is 2.53. The summed E-state index contributed by atoms with van der Waals surface area (Å²) < 4.78 is 37.9. The Hall–Kier alpha value is -5.32. The Labute approximate surface area is 447 Å². The molecule has 0 radical (unpaired) electrons. The smallest absolute Gasteiger partial charge is 0.324 e. The molecule has 2 aliphatic carbocycles. The molecule has 19 nitrogen and oxygen atoms in total. The lowest BCUT2D eigenvalue weighted by molar-refractivity contribution is -0.156. The zero-order valence-corrected chi connectivity index (χ0v) is 45.2. The Kier molecular flexibility index (Phi) is 14.5. The van der Waals surface area contributed by atoms with Crippen molar-refractivity contribution in [3.63, 3.8) is 0 Å². The summed E-state index contributed by atoms with van der Waals surface area (Å²) in [5.41, 5.74) is 11.2. The molecule has 1 aromatic carbocycles. The lowest BCUT2D eigenvalue weighted by Crippen LogP contribution is -2.63. The molecule has 12 rings (SSSR count). The molecule has 0 spiro atoms. The lowest BCUT2D eigenvalue weighted by atomic mass is 9.84. The summed E-state index contributed by atoms with van der Waals surface area (Å²) in [6.07, 6.45) is 8.89. The number of thiazole rings is 1. The van der Waals surface area contributed by atoms with Gasteiger partial charge in [0.1, 0.15) is 29.5 Å². The van der Waals surface area contributed by atoms with Gasteiger partial charge >= 0.3 is 5.97 Å². The van der Waals surface area contributed by atoms with Gasteiger partial charge in [-0.15, -0.1) is 11.3 Å². The third-order valence-corrected chi connectivity index (χ3v) is 17.9. The molecule has 7 atom stereocenters. The summed E-state index contributed by atoms with van der Waals surface area (Å²) in [4.78, 5) is 66.6. The molecule has 6 fully saturated rings. The van der Waals surface area contributed by atoms with Crippen LogP contribution in [0.1, 0.15) is 93.4 Å². The minimum absolute atomic E-state index is 0.00720. The van der Waals surface area contributed by atoms with Crippen LogP contribution in [0.2, 0.25) is 0 Å². The molecule has 2 saturated carbocycles. The fourth-order valence-corrected chi connectivity index (χ4v) is 13.3. The molecular formula is C56H72N10O9S. The van der Waals surface area contributed by atoms with Gasteiger partial charge in [-0.1, -0.05) is 26.8 Å². The summed E-state index contributed by atoms with van der Waals surface area (Å²) in [5.74, 6) is -1.57. The van der Waals surface area contributed by atoms with E-state index >= 15 is 4.79 Å². The number of piperazine rings is 1. The molecule has 4 saturated heterocycles. The molecular weight excluding hydrogens is 989 g/mol. The van der Waals surface area contributed by atoms with Crippen molar-refractivity contribution in [1.82, 2.24) is 45.1 Å². The van der Waals surface area contributed by atoms with E-state index in [0.29, 0.717) is 89.2 Å². The molecule has 9 heterocycles. The number of fused-ring (bicyclic) bond motifs is 6. The van der Waals surface area contributed by atoms with Gasteiger partial charge in [0.05, 0.1) is 86.4 Å². The van der Waals surface area contributed by atoms with E-state index in [0.717, 1.165) is 82.6 Å². The summed E-state index contributed by atoms with van der Waals surface area (Å²) >= 11 is 1.48. The Morgan fingerprint density at radius 2 is 1.82 bits per heavy atom. The number of nitrogens with zero attached hydrogens (tertiary/aromatic N) is 8. The van der Waals surface area contributed by atoms with Crippen LogP contribution in [0, 0.1) is 17.3 Å². The SMILES string of the molecule is CO[C@@H](C)c1ncc(N2CCN(C3CC3)CC2)cc1-c1c2c3cc(ccc3n1CCOC1COC1)-c1csc(n1)[C@@H](N1CCOCC1)[C@H](NC(=O)[C@@H]1[C@@H](C)[C@H]1c1cocn1)C(=O)N1CCC[C@H](N1)C(=O)OCC(C)(C)C2. The summed E-state index contributed by atoms with van der Waals surface area (Å²) in [7, 11) is 1.73. The molecule has 2 N–H and O–H groups in total. The fourth-order valence-electron chi connectivity index (χ4n) is 12.3. The minimum Gasteiger partial charge on any atom is -0.464 e. The Bertz CT molecular complexity index is 2910. The Balaban J connectivity index is 0.994. The van der Waals surface area contributed by atoms with Gasteiger partial charge in [0, 0.05) is 110 Å². The van der Waals surface area contributed by atoms with Crippen molar-refractivity contribution >= 4 is 45.7 Å². The number of benzene rings is 1. The average molecular weight is 1060 g/mol. The zero-order valence-electron chi connectivity index (χ0n) is 44.4. The number of esters is 1. The van der Waals surface area contributed by atoms with Crippen molar-refractivity contribution in [1.29, 1.82) is 0 Å². The number of pyridine rings is 1. The second-order valence-corrected chi connectivity index (χ2v) is 23.6. The van der Waals surface area contributed by atoms with Crippen molar-refractivity contribution in [2.24, 2.45) is 17.3 Å². The number of hydrogen-bond acceptors (Lipinski definition) is 17. The maximum Gasteiger partial charge on any atom is 0.324 e. The predicted octanol–water partition coefficient (Wildman–Crippen LogP) is 5.75. The van der Waals surface area contributed by atoms with Gasteiger partial charge in [-0.2, -0.15) is 0 Å². The molecule has 0 unspecified atom stereocenters. The maximum atomic E-state index is 15.3. The number of rotatable bonds is 13. The van der Waals surface area contributed by atoms with Crippen molar-refractivity contribution in [3.8, 4) is 22.5 Å². The van der Waals surface area contributed by atoms with Gasteiger partial charge in [-0.25, -0.2) is 15.4 Å². The molecule has 7 aliphatic rings. The largest absolute Gasteiger partial charge is 0.464 e. The van der Waals surface area contributed by atoms with E-state index in [9.17, 15) is 9.59 Å². The molecule has 4 aromatic heterocycles. The molecule has 406 valence electrons. The zero-order chi connectivity index (χ0) is 52.2. The summed E-state index contributed by atoms with van der Waals surface area (Å²) in [6, 6.07) is 7.11. The molecule has 2 amide bonds. The highest BCUT2D eigenvalue weighted by Gasteiger charge is 2.55. The van der Waals surface area contributed by atoms with E-state index in [1.807, 2.05) is 13.1 Å². The second-order valence-electron chi connectivity index (χ2n) is 22.7. The number of oxazole rings is 1. The maximum absolute atomic E-state index is 15.3. The summed E-state index contributed by atoms with van der Waals surface area (Å²) in [6.45, 7) is 16.9. The highest BCUT2D eigenvalue weighted by molar-refractivity contribution is 7.10. The first-order valence-electron chi connectivity index (χ1n) is 27.5. The van der Waals surface area contributed by atoms with E-state index in [1.54, 1.807) is 13.4 Å². The van der Waals surface area contributed by atoms with Gasteiger partial charge < -0.3 is 42.9 Å². The van der Waals surface area contributed by atoms with Gasteiger partial charge in [-0.05, 0) is 68.7 Å². The number of hydrogen-bond donors (Lipinski definition) is 2. The first-order chi connectivity index (χ1) is 36.9. The number of ether oxygens (including phenoxy) is 5. The van der Waals surface area contributed by atoms with Gasteiger partial charge in [0.25, 0.3) is 5.91 Å². The molecule has 6 bridgehead atoms. The number of nitrogens with one attached hydrogen (secondary N) is 2. The Morgan fingerprint density at radius 3 is 2.55 bits per heavy atom. The summed E-state index contributed by atoms with van der Waals surface area (Å²) in [5, 5.41) is 8.59. The van der Waals surface area contributed by atoms with E-state index in [2.05, 4.69) is 85.4 Å². The third kappa shape index (κ3) is 10.3. The van der Waals surface area contributed by atoms with E-state index in [4.69, 9.17) is 38.1 Å². The quantitative estimate of drug-likeness (QED) is 0.135. The van der Waals surface area contributed by atoms with Crippen molar-refractivity contribution in [2.75, 3.05) is 97.5 Å². The molecule has 20 heteroatoms. The van der Waals surface area contributed by atoms with E-state index < -0.39 is 35.4 Å². The van der Waals surface area contributed by atoms with Crippen LogP contribution in [0.3, 0.4) is 0 Å². The standard InChI is InChI=1S/C56H72N10O9S/c1-33-46(43-29-73-32-58-43)47(33)52(67)60-49-51(64-17-20-71-21-18-64)53-59-44(30-76-53)35-8-11-45-39(23-35)41(25-56(3,4)31-75-55(69)42-7-6-12-66(61-42)54(49)68)50(65(45)19-22-74-38-27-72-28-38)40-24-37(26-57-48(40)34(2)70-5)63-15-13-62(14-16-63)36-9-10-36/h8,11,23-24,26,29-30,32-34,36,38,42,46-47,49,51,61H,6-7,9-10,12-22,25,27-28,31H2,1-5H3,(H,60,67)/t33-,34-,42-,46-,47+,49-,51-/m0/s1. The number of aromatic nitrogens is 4. The van der Waals surface area contributed by atoms with Gasteiger partial charge in [0.2, 0.25) is 5.91 Å². The second kappa shape index (κ2) is 21.5. The highest BCUT2D eigenvalue weighted by atomic mass is 32.1. The number of anilines is 1. The van der Waals surface area contributed by atoms with Crippen LogP contribution in [0.15, 0.2) is 52.9 Å². The number of carbonyl (C=O) groups excluding carboxylic acids is 3. The van der Waals surface area contributed by atoms with Crippen LogP contribution in [0.4, 0.5) is 5.69 Å². The molecule has 5 aromatic rings. The van der Waals surface area contributed by atoms with Crippen LogP contribution in [-0.4, -0.2) is 169 Å². The number of morpholine rings is 1. The topological polar surface area (TPSA) is 191 Å². The average Bonchev–Trinajstić information content (AvgIpc) is 4.21.